The van der Waals surface area contributed by atoms with Crippen molar-refractivity contribution < 1.29 is 48.9 Å². The molecule has 3 rings (SSSR count). The molecule has 228 valence electrons. The maximum absolute atomic E-state index is 12.5. The highest BCUT2D eigenvalue weighted by Gasteiger charge is 2.51. The van der Waals surface area contributed by atoms with E-state index in [1.54, 1.807) is 6.92 Å². The molecule has 2 heterocycles. The molecule has 0 aromatic rings. The molecule has 39 heavy (non-hydrogen) atoms. The predicted molar refractivity (Wildman–Crippen MR) is 138 cm³/mol. The van der Waals surface area contributed by atoms with Crippen LogP contribution in [0.3, 0.4) is 0 Å². The van der Waals surface area contributed by atoms with Gasteiger partial charge < -0.3 is 61.7 Å². The van der Waals surface area contributed by atoms with Crippen molar-refractivity contribution in [1.82, 2.24) is 0 Å². The van der Waals surface area contributed by atoms with Crippen LogP contribution in [0.5, 0.6) is 0 Å². The van der Waals surface area contributed by atoms with Crippen LogP contribution in [0, 0.1) is 5.92 Å². The van der Waals surface area contributed by atoms with Crippen LogP contribution in [0.2, 0.25) is 0 Å². The minimum Gasteiger partial charge on any atom is -0.393 e. The fourth-order valence-electron chi connectivity index (χ4n) is 5.26. The van der Waals surface area contributed by atoms with Crippen LogP contribution in [0.15, 0.2) is 4.99 Å². The van der Waals surface area contributed by atoms with Crippen LogP contribution in [-0.4, -0.2) is 124 Å². The van der Waals surface area contributed by atoms with E-state index < -0.39 is 86.0 Å². The summed E-state index contributed by atoms with van der Waals surface area (Å²) < 4.78 is 36.3. The lowest BCUT2D eigenvalue weighted by Crippen LogP contribution is -2.64. The fourth-order valence-corrected chi connectivity index (χ4v) is 5.26. The summed E-state index contributed by atoms with van der Waals surface area (Å²) in [6.07, 6.45) is -5.29. The minimum absolute atomic E-state index is 0.100. The monoisotopic (exact) mass is 566 g/mol. The molecule has 0 spiro atoms. The molecular formula is C25H47FN4O9. The molecule has 7 unspecified atom stereocenters. The zero-order valence-electron chi connectivity index (χ0n) is 22.7. The van der Waals surface area contributed by atoms with Crippen LogP contribution >= 0.6 is 0 Å². The number of rotatable bonds is 11. The number of nitrogens with zero attached hydrogens (tertiary/aromatic N) is 1. The molecule has 1 saturated carbocycles. The molecular weight excluding hydrogens is 519 g/mol. The molecule has 0 radical (unpaired) electrons. The quantitative estimate of drug-likeness (QED) is 0.0772. The lowest BCUT2D eigenvalue weighted by atomic mass is 9.83. The molecule has 0 aromatic carbocycles. The van der Waals surface area contributed by atoms with E-state index in [2.05, 4.69) is 4.99 Å². The SMILES string of the molecule is C[C@@H]1C(O)[C@@H](OC2C(O)C(O[C@H]3O[C@H](CCCCF)CCC3N)[C@@H](N)C[C@H]2N=C(N)C(O)CO)OCC1(C)O. The highest BCUT2D eigenvalue weighted by molar-refractivity contribution is 5.84. The van der Waals surface area contributed by atoms with E-state index in [1.807, 2.05) is 0 Å². The third-order valence-corrected chi connectivity index (χ3v) is 8.12. The van der Waals surface area contributed by atoms with Crippen LogP contribution in [0.1, 0.15) is 52.4 Å². The van der Waals surface area contributed by atoms with Crippen molar-refractivity contribution in [3.63, 3.8) is 0 Å². The second-order valence-corrected chi connectivity index (χ2v) is 11.3. The van der Waals surface area contributed by atoms with Crippen LogP contribution in [0.25, 0.3) is 0 Å². The van der Waals surface area contributed by atoms with E-state index in [4.69, 9.17) is 36.1 Å². The molecule has 2 aliphatic heterocycles. The normalized spacial score (nSPS) is 44.8. The van der Waals surface area contributed by atoms with Gasteiger partial charge in [0.2, 0.25) is 0 Å². The third kappa shape index (κ3) is 8.04. The van der Waals surface area contributed by atoms with Crippen molar-refractivity contribution in [2.24, 2.45) is 28.1 Å². The number of unbranched alkanes of at least 4 members (excludes halogenated alkanes) is 1. The van der Waals surface area contributed by atoms with Crippen molar-refractivity contribution >= 4 is 5.84 Å². The van der Waals surface area contributed by atoms with Gasteiger partial charge in [0.25, 0.3) is 0 Å². The summed E-state index contributed by atoms with van der Waals surface area (Å²) in [6.45, 7) is 2.02. The molecule has 1 aliphatic carbocycles. The molecule has 14 heteroatoms. The number of alkyl halides is 1. The van der Waals surface area contributed by atoms with Crippen molar-refractivity contribution in [1.29, 1.82) is 0 Å². The Morgan fingerprint density at radius 1 is 1.10 bits per heavy atom. The zero-order valence-corrected chi connectivity index (χ0v) is 22.7. The number of hydrogen-bond donors (Lipinski definition) is 8. The second-order valence-electron chi connectivity index (χ2n) is 11.3. The average Bonchev–Trinajstić information content (AvgIpc) is 2.89. The lowest BCUT2D eigenvalue weighted by Gasteiger charge is -2.48. The number of ether oxygens (including phenoxy) is 4. The van der Waals surface area contributed by atoms with Gasteiger partial charge in [-0.05, 0) is 45.4 Å². The first-order chi connectivity index (χ1) is 18.4. The van der Waals surface area contributed by atoms with Gasteiger partial charge in [0, 0.05) is 12.0 Å². The molecule has 0 amide bonds. The lowest BCUT2D eigenvalue weighted by molar-refractivity contribution is -0.313. The molecule has 0 aromatic heterocycles. The summed E-state index contributed by atoms with van der Waals surface area (Å²) in [6, 6.07) is -2.13. The Labute approximate surface area is 228 Å². The van der Waals surface area contributed by atoms with E-state index >= 15 is 0 Å². The standard InChI is InChI=1S/C25H47FN4O9/c1-12-18(33)24(36-11-25(12,2)35)39-21-16(30-22(29)17(32)10-31)9-15(28)20(19(21)34)38-23-14(27)7-6-13(37-23)5-3-4-8-26/h12-21,23-24,31-35H,3-11,27-28H2,1-2H3,(H2,29,30)/t12-,13-,14?,15+,16-,17?,18?,19?,20?,21?,23-,24-,25?/m1/s1. The van der Waals surface area contributed by atoms with Gasteiger partial charge >= 0.3 is 0 Å². The molecule has 3 aliphatic rings. The first-order valence-corrected chi connectivity index (χ1v) is 13.7. The van der Waals surface area contributed by atoms with Crippen LogP contribution < -0.4 is 17.2 Å². The number of aliphatic hydroxyl groups is 5. The first kappa shape index (κ1) is 32.5. The number of hydrogen-bond acceptors (Lipinski definition) is 12. The molecule has 2 saturated heterocycles. The molecule has 0 bridgehead atoms. The number of aliphatic hydroxyl groups excluding tert-OH is 4. The van der Waals surface area contributed by atoms with Gasteiger partial charge in [0.15, 0.2) is 12.6 Å². The highest BCUT2D eigenvalue weighted by atomic mass is 19.1. The largest absolute Gasteiger partial charge is 0.393 e. The van der Waals surface area contributed by atoms with Crippen LogP contribution in [-0.2, 0) is 18.9 Å². The van der Waals surface area contributed by atoms with Crippen molar-refractivity contribution in [2.45, 2.75) is 125 Å². The molecule has 13 atom stereocenters. The van der Waals surface area contributed by atoms with Crippen molar-refractivity contribution in [3.05, 3.63) is 0 Å². The van der Waals surface area contributed by atoms with Crippen molar-refractivity contribution in [3.8, 4) is 0 Å². The van der Waals surface area contributed by atoms with Crippen molar-refractivity contribution in [2.75, 3.05) is 19.9 Å². The van der Waals surface area contributed by atoms with E-state index in [0.717, 1.165) is 0 Å². The Kier molecular flexibility index (Phi) is 11.8. The van der Waals surface area contributed by atoms with Gasteiger partial charge in [-0.15, -0.1) is 0 Å². The average molecular weight is 567 g/mol. The Morgan fingerprint density at radius 2 is 1.79 bits per heavy atom. The summed E-state index contributed by atoms with van der Waals surface area (Å²) in [7, 11) is 0. The zero-order chi connectivity index (χ0) is 28.9. The highest BCUT2D eigenvalue weighted by Crippen LogP contribution is 2.35. The van der Waals surface area contributed by atoms with E-state index in [1.165, 1.54) is 6.92 Å². The number of nitrogens with two attached hydrogens (primary N) is 3. The Bertz CT molecular complexity index is 797. The maximum atomic E-state index is 12.5. The number of aliphatic imine (C=N–C) groups is 1. The fraction of sp³-hybridized carbons (Fsp3) is 0.960. The summed E-state index contributed by atoms with van der Waals surface area (Å²) in [5.41, 5.74) is 17.2. The molecule has 3 fully saturated rings. The summed E-state index contributed by atoms with van der Waals surface area (Å²) in [4.78, 5) is 4.27. The molecule has 13 nitrogen and oxygen atoms in total. The van der Waals surface area contributed by atoms with Crippen LogP contribution in [0.4, 0.5) is 4.39 Å². The van der Waals surface area contributed by atoms with Gasteiger partial charge in [0.1, 0.15) is 36.4 Å². The Hall–Kier alpha value is -1.04. The van der Waals surface area contributed by atoms with Gasteiger partial charge in [-0.3, -0.25) is 9.38 Å². The minimum atomic E-state index is -1.43. The van der Waals surface area contributed by atoms with E-state index in [0.29, 0.717) is 32.1 Å². The van der Waals surface area contributed by atoms with Gasteiger partial charge in [-0.25, -0.2) is 0 Å². The Balaban J connectivity index is 1.79. The smallest absolute Gasteiger partial charge is 0.184 e. The third-order valence-electron chi connectivity index (χ3n) is 8.12. The topological polar surface area (TPSA) is 228 Å². The second kappa shape index (κ2) is 14.2. The first-order valence-electron chi connectivity index (χ1n) is 13.7. The molecule has 11 N–H and O–H groups in total. The van der Waals surface area contributed by atoms with Gasteiger partial charge in [-0.2, -0.15) is 0 Å². The summed E-state index contributed by atoms with van der Waals surface area (Å²) >= 11 is 0. The van der Waals surface area contributed by atoms with Gasteiger partial charge in [0.05, 0.1) is 43.7 Å². The summed E-state index contributed by atoms with van der Waals surface area (Å²) in [5, 5.41) is 51.9. The van der Waals surface area contributed by atoms with Gasteiger partial charge in [-0.1, -0.05) is 6.92 Å². The number of amidine groups is 1. The van der Waals surface area contributed by atoms with E-state index in [9.17, 15) is 29.9 Å². The maximum Gasteiger partial charge on any atom is 0.184 e. The summed E-state index contributed by atoms with van der Waals surface area (Å²) in [5.74, 6) is -0.887. The van der Waals surface area contributed by atoms with E-state index in [-0.39, 0.29) is 25.0 Å². The Morgan fingerprint density at radius 3 is 2.46 bits per heavy atom. The number of halogens is 1. The predicted octanol–water partition coefficient (Wildman–Crippen LogP) is -2.00.